The zero-order chi connectivity index (χ0) is 34.0. The van der Waals surface area contributed by atoms with E-state index in [1.165, 1.54) is 0 Å². The fourth-order valence-corrected chi connectivity index (χ4v) is 5.83. The minimum absolute atomic E-state index is 0.159. The van der Waals surface area contributed by atoms with Crippen LogP contribution >= 0.6 is 11.5 Å². The Labute approximate surface area is 286 Å². The fourth-order valence-electron chi connectivity index (χ4n) is 5.20. The summed E-state index contributed by atoms with van der Waals surface area (Å²) in [6.45, 7) is 0.159. The van der Waals surface area contributed by atoms with E-state index in [4.69, 9.17) is 0 Å². The average Bonchev–Trinajstić information content (AvgIpc) is 3.98. The summed E-state index contributed by atoms with van der Waals surface area (Å²) in [6, 6.07) is 15.1. The summed E-state index contributed by atoms with van der Waals surface area (Å²) in [5.74, 6) is 0.229. The smallest absolute Gasteiger partial charge is 0.270 e. The van der Waals surface area contributed by atoms with Gasteiger partial charge in [0, 0.05) is 66.0 Å². The number of fused-ring (bicyclic) bond motifs is 2. The molecule has 246 valence electrons. The topological polar surface area (TPSA) is 209 Å². The summed E-state index contributed by atoms with van der Waals surface area (Å²) in [5.41, 5.74) is 6.59. The molecule has 16 nitrogen and oxygen atoms in total. The van der Waals surface area contributed by atoms with E-state index in [9.17, 15) is 9.59 Å². The third-order valence-electron chi connectivity index (χ3n) is 7.75. The predicted octanol–water partition coefficient (Wildman–Crippen LogP) is 4.85. The number of hydrogen-bond acceptors (Lipinski definition) is 12. The van der Waals surface area contributed by atoms with E-state index in [2.05, 4.69) is 65.9 Å². The molecule has 2 aromatic carbocycles. The monoisotopic (exact) mass is 682 g/mol. The average molecular weight is 683 g/mol. The summed E-state index contributed by atoms with van der Waals surface area (Å²) >= 11 is 1.15. The highest BCUT2D eigenvalue weighted by Crippen LogP contribution is 2.26. The van der Waals surface area contributed by atoms with Gasteiger partial charge in [0.05, 0.1) is 29.1 Å². The summed E-state index contributed by atoms with van der Waals surface area (Å²) in [6.07, 6.45) is 12.3. The number of H-pyrrole nitrogens is 2. The van der Waals surface area contributed by atoms with Crippen LogP contribution in [0.25, 0.3) is 44.1 Å². The summed E-state index contributed by atoms with van der Waals surface area (Å²) in [5, 5.41) is 25.3. The first-order valence-corrected chi connectivity index (χ1v) is 16.0. The van der Waals surface area contributed by atoms with E-state index in [0.717, 1.165) is 55.6 Å². The maximum absolute atomic E-state index is 12.9. The number of benzene rings is 2. The number of aromatic amines is 2. The molecule has 8 rings (SSSR count). The number of carbonyl (C=O) groups is 2. The van der Waals surface area contributed by atoms with Crippen LogP contribution in [0.2, 0.25) is 0 Å². The molecule has 0 aliphatic heterocycles. The Morgan fingerprint density at radius 3 is 2.48 bits per heavy atom. The molecule has 6 N–H and O–H groups in total. The largest absolute Gasteiger partial charge is 0.355 e. The van der Waals surface area contributed by atoms with Crippen LogP contribution in [0.5, 0.6) is 0 Å². The Bertz CT molecular complexity index is 2500. The van der Waals surface area contributed by atoms with Gasteiger partial charge in [-0.2, -0.15) is 14.6 Å². The van der Waals surface area contributed by atoms with Crippen molar-refractivity contribution >= 4 is 67.7 Å². The van der Waals surface area contributed by atoms with E-state index in [1.807, 2.05) is 48.8 Å². The van der Waals surface area contributed by atoms with Crippen LogP contribution in [0.1, 0.15) is 21.0 Å². The first-order chi connectivity index (χ1) is 24.5. The van der Waals surface area contributed by atoms with E-state index in [1.54, 1.807) is 54.8 Å². The number of rotatable bonds is 10. The minimum Gasteiger partial charge on any atom is -0.355 e. The van der Waals surface area contributed by atoms with E-state index < -0.39 is 0 Å². The van der Waals surface area contributed by atoms with Crippen molar-refractivity contribution in [3.63, 3.8) is 0 Å². The highest BCUT2D eigenvalue weighted by molar-refractivity contribution is 7.10. The van der Waals surface area contributed by atoms with Crippen molar-refractivity contribution in [2.24, 2.45) is 0 Å². The molecular weight excluding hydrogens is 657 g/mol. The van der Waals surface area contributed by atoms with Crippen molar-refractivity contribution in [1.29, 1.82) is 0 Å². The van der Waals surface area contributed by atoms with Gasteiger partial charge in [0.25, 0.3) is 11.8 Å². The molecule has 0 aliphatic rings. The Morgan fingerprint density at radius 2 is 1.62 bits per heavy atom. The molecule has 0 bridgehead atoms. The SMILES string of the molecule is CNC(=O)c1cc(Nc2ncc3ccc(-c4cnn(CNC(=O)c5cc(Nc6ncc7cc(-c8cn[nH]c8)ccc7n6)c[nH]5)c4)cc3n2)sn1. The van der Waals surface area contributed by atoms with Crippen molar-refractivity contribution in [2.45, 2.75) is 6.67 Å². The molecule has 17 heteroatoms. The van der Waals surface area contributed by atoms with E-state index >= 15 is 0 Å². The van der Waals surface area contributed by atoms with Gasteiger partial charge >= 0.3 is 0 Å². The number of anilines is 4. The van der Waals surface area contributed by atoms with Gasteiger partial charge in [-0.05, 0) is 46.9 Å². The molecule has 8 aromatic rings. The van der Waals surface area contributed by atoms with Crippen LogP contribution < -0.4 is 21.3 Å². The number of aromatic nitrogens is 10. The number of hydrogen-bond donors (Lipinski definition) is 6. The fraction of sp³-hybridized carbons (Fsp3) is 0.0606. The Kier molecular flexibility index (Phi) is 7.82. The maximum Gasteiger partial charge on any atom is 0.270 e. The highest BCUT2D eigenvalue weighted by atomic mass is 32.1. The molecule has 2 amide bonds. The minimum atomic E-state index is -0.299. The third kappa shape index (κ3) is 6.30. The van der Waals surface area contributed by atoms with Gasteiger partial charge in [0.2, 0.25) is 11.9 Å². The first-order valence-electron chi connectivity index (χ1n) is 15.2. The van der Waals surface area contributed by atoms with Crippen molar-refractivity contribution in [2.75, 3.05) is 17.7 Å². The van der Waals surface area contributed by atoms with Crippen LogP contribution in [0.4, 0.5) is 22.6 Å². The van der Waals surface area contributed by atoms with Crippen LogP contribution in [-0.2, 0) is 6.67 Å². The Hall–Kier alpha value is -7.01. The molecule has 0 radical (unpaired) electrons. The molecule has 0 atom stereocenters. The molecule has 0 unspecified atom stereocenters. The van der Waals surface area contributed by atoms with Crippen molar-refractivity contribution in [3.8, 4) is 22.3 Å². The zero-order valence-corrected chi connectivity index (χ0v) is 27.0. The second-order valence-corrected chi connectivity index (χ2v) is 11.9. The molecule has 50 heavy (non-hydrogen) atoms. The lowest BCUT2D eigenvalue weighted by Crippen LogP contribution is -2.26. The Balaban J connectivity index is 0.889. The van der Waals surface area contributed by atoms with Crippen molar-refractivity contribution in [3.05, 3.63) is 103 Å². The zero-order valence-electron chi connectivity index (χ0n) is 26.2. The molecule has 0 aliphatic carbocycles. The third-order valence-corrected chi connectivity index (χ3v) is 8.46. The molecule has 0 saturated carbocycles. The van der Waals surface area contributed by atoms with Gasteiger partial charge in [-0.15, -0.1) is 0 Å². The molecular formula is C33H26N14O2S. The van der Waals surface area contributed by atoms with Gasteiger partial charge in [-0.1, -0.05) is 18.2 Å². The maximum atomic E-state index is 12.9. The van der Waals surface area contributed by atoms with Crippen LogP contribution in [0, 0.1) is 0 Å². The van der Waals surface area contributed by atoms with Gasteiger partial charge in [-0.3, -0.25) is 19.4 Å². The van der Waals surface area contributed by atoms with E-state index in [0.29, 0.717) is 34.0 Å². The second kappa shape index (κ2) is 12.9. The molecule has 6 aromatic heterocycles. The number of carbonyl (C=O) groups excluding carboxylic acids is 2. The number of amides is 2. The standard InChI is InChI=1S/C33H26N14O2S/c1-34-30(48)28-9-29(50-46-28)45-33-36-10-20-3-2-19(7-26(20)44-33)23-14-41-47(16-23)17-38-31(49)27-8-24(15-35-27)42-32-37-11-21-6-18(4-5-25(21)43-32)22-12-39-40-13-22/h2-16,35H,17H2,1H3,(H,34,48)(H,38,49)(H,39,40)(H,36,44,45)(H,37,42,43). The lowest BCUT2D eigenvalue weighted by atomic mass is 10.1. The lowest BCUT2D eigenvalue weighted by Gasteiger charge is -2.05. The quantitative estimate of drug-likeness (QED) is 0.115. The number of nitrogens with one attached hydrogen (secondary N) is 6. The van der Waals surface area contributed by atoms with Gasteiger partial charge in [0.15, 0.2) is 0 Å². The van der Waals surface area contributed by atoms with Crippen LogP contribution in [0.15, 0.2) is 91.9 Å². The normalized spacial score (nSPS) is 11.1. The van der Waals surface area contributed by atoms with Gasteiger partial charge in [0.1, 0.15) is 23.1 Å². The number of nitrogens with zero attached hydrogens (tertiary/aromatic N) is 8. The first kappa shape index (κ1) is 30.3. The second-order valence-electron chi connectivity index (χ2n) is 11.1. The molecule has 6 heterocycles. The van der Waals surface area contributed by atoms with Crippen molar-refractivity contribution < 1.29 is 9.59 Å². The summed E-state index contributed by atoms with van der Waals surface area (Å²) in [7, 11) is 1.55. The lowest BCUT2D eigenvalue weighted by molar-refractivity contribution is 0.0933. The molecule has 0 fully saturated rings. The molecule has 0 saturated heterocycles. The van der Waals surface area contributed by atoms with Gasteiger partial charge in [-0.25, -0.2) is 19.9 Å². The van der Waals surface area contributed by atoms with Crippen LogP contribution in [-0.4, -0.2) is 68.1 Å². The van der Waals surface area contributed by atoms with E-state index in [-0.39, 0.29) is 18.5 Å². The van der Waals surface area contributed by atoms with Crippen LogP contribution in [0.3, 0.4) is 0 Å². The Morgan fingerprint density at radius 1 is 0.800 bits per heavy atom. The molecule has 0 spiro atoms. The highest BCUT2D eigenvalue weighted by Gasteiger charge is 2.13. The summed E-state index contributed by atoms with van der Waals surface area (Å²) in [4.78, 5) is 45.8. The predicted molar refractivity (Wildman–Crippen MR) is 188 cm³/mol. The summed E-state index contributed by atoms with van der Waals surface area (Å²) < 4.78 is 5.78. The van der Waals surface area contributed by atoms with Gasteiger partial charge < -0.3 is 26.3 Å². The van der Waals surface area contributed by atoms with Crippen molar-refractivity contribution in [1.82, 2.24) is 59.9 Å².